The number of aliphatic hydroxyl groups is 4. The molecule has 4 N–H and O–H groups in total. The van der Waals surface area contributed by atoms with Crippen molar-refractivity contribution in [2.24, 2.45) is 0 Å². The van der Waals surface area contributed by atoms with E-state index in [9.17, 15) is 19.7 Å². The molecule has 0 aromatic carbocycles. The van der Waals surface area contributed by atoms with E-state index in [0.717, 1.165) is 4.68 Å². The molecule has 19 heavy (non-hydrogen) atoms. The van der Waals surface area contributed by atoms with E-state index in [4.69, 9.17) is 9.84 Å². The third kappa shape index (κ3) is 2.74. The predicted octanol–water partition coefficient (Wildman–Crippen LogP) is -2.24. The van der Waals surface area contributed by atoms with Crippen LogP contribution in [0.1, 0.15) is 11.9 Å². The number of ether oxygens (including phenoxy) is 1. The molecule has 108 valence electrons. The van der Waals surface area contributed by atoms with Gasteiger partial charge in [-0.25, -0.2) is 4.68 Å². The molecule has 1 unspecified atom stereocenters. The number of rotatable bonds is 4. The average Bonchev–Trinajstić information content (AvgIpc) is 2.85. The summed E-state index contributed by atoms with van der Waals surface area (Å²) in [4.78, 5) is 0. The van der Waals surface area contributed by atoms with E-state index in [2.05, 4.69) is 10.3 Å². The van der Waals surface area contributed by atoms with Gasteiger partial charge in [-0.05, 0) is 0 Å². The van der Waals surface area contributed by atoms with E-state index in [1.165, 1.54) is 6.20 Å². The lowest BCUT2D eigenvalue weighted by Gasteiger charge is -2.39. The molecule has 2 rings (SSSR count). The monoisotopic (exact) mass is 277 g/mol. The quantitative estimate of drug-likeness (QED) is 0.491. The SMILES string of the molecule is OC[C@H]1OC(n2cc(CCF)nn2)[C@H](O)[C@@H](O)[C@@H]1O. The number of halogens is 1. The van der Waals surface area contributed by atoms with Gasteiger partial charge in [0.15, 0.2) is 6.23 Å². The molecule has 0 bridgehead atoms. The minimum Gasteiger partial charge on any atom is -0.394 e. The van der Waals surface area contributed by atoms with Crippen LogP contribution in [0.4, 0.5) is 4.39 Å². The molecule has 0 radical (unpaired) electrons. The molecular weight excluding hydrogens is 261 g/mol. The number of aryl methyl sites for hydroxylation is 1. The van der Waals surface area contributed by atoms with Gasteiger partial charge in [-0.15, -0.1) is 5.10 Å². The maximum absolute atomic E-state index is 12.2. The van der Waals surface area contributed by atoms with Crippen LogP contribution < -0.4 is 0 Å². The van der Waals surface area contributed by atoms with E-state index in [0.29, 0.717) is 5.69 Å². The summed E-state index contributed by atoms with van der Waals surface area (Å²) >= 11 is 0. The first-order valence-corrected chi connectivity index (χ1v) is 5.85. The molecule has 1 aliphatic heterocycles. The van der Waals surface area contributed by atoms with Crippen LogP contribution in [0, 0.1) is 0 Å². The van der Waals surface area contributed by atoms with Gasteiger partial charge in [-0.2, -0.15) is 0 Å². The van der Waals surface area contributed by atoms with Gasteiger partial charge < -0.3 is 25.2 Å². The molecule has 1 aliphatic rings. The van der Waals surface area contributed by atoms with Crippen LogP contribution in [-0.4, -0.2) is 73.1 Å². The highest BCUT2D eigenvalue weighted by Gasteiger charge is 2.44. The van der Waals surface area contributed by atoms with Gasteiger partial charge >= 0.3 is 0 Å². The van der Waals surface area contributed by atoms with E-state index in [1.807, 2.05) is 0 Å². The molecule has 0 aliphatic carbocycles. The lowest BCUT2D eigenvalue weighted by Crippen LogP contribution is -2.56. The van der Waals surface area contributed by atoms with Crippen molar-refractivity contribution in [2.75, 3.05) is 13.3 Å². The van der Waals surface area contributed by atoms with Crippen molar-refractivity contribution >= 4 is 0 Å². The number of nitrogens with zero attached hydrogens (tertiary/aromatic N) is 3. The number of aliphatic hydroxyl groups excluding tert-OH is 4. The Kier molecular flexibility index (Phi) is 4.42. The van der Waals surface area contributed by atoms with Crippen molar-refractivity contribution in [3.63, 3.8) is 0 Å². The standard InChI is InChI=1S/C10H16FN3O5/c11-2-1-5-3-14(13-12-5)10-9(18)8(17)7(16)6(4-15)19-10/h3,6-10,15-18H,1-2,4H2/t6-,7-,8+,9-,10?/m1/s1. The topological polar surface area (TPSA) is 121 Å². The second kappa shape index (κ2) is 5.88. The van der Waals surface area contributed by atoms with Crippen LogP contribution in [0.25, 0.3) is 0 Å². The van der Waals surface area contributed by atoms with Crippen LogP contribution in [0.2, 0.25) is 0 Å². The largest absolute Gasteiger partial charge is 0.394 e. The molecule has 0 saturated carbocycles. The normalized spacial score (nSPS) is 35.5. The third-order valence-electron chi connectivity index (χ3n) is 3.04. The Bertz CT molecular complexity index is 416. The van der Waals surface area contributed by atoms with Crippen molar-refractivity contribution < 1.29 is 29.6 Å². The molecule has 2 heterocycles. The Labute approximate surface area is 108 Å². The Morgan fingerprint density at radius 2 is 2.00 bits per heavy atom. The van der Waals surface area contributed by atoms with Crippen molar-refractivity contribution in [1.29, 1.82) is 0 Å². The second-order valence-electron chi connectivity index (χ2n) is 4.35. The first-order valence-electron chi connectivity index (χ1n) is 5.85. The first kappa shape index (κ1) is 14.3. The maximum atomic E-state index is 12.2. The molecule has 1 aromatic heterocycles. The Morgan fingerprint density at radius 1 is 1.26 bits per heavy atom. The molecule has 5 atom stereocenters. The van der Waals surface area contributed by atoms with E-state index < -0.39 is 43.9 Å². The fourth-order valence-electron chi connectivity index (χ4n) is 1.95. The van der Waals surface area contributed by atoms with Gasteiger partial charge in [0.25, 0.3) is 0 Å². The van der Waals surface area contributed by atoms with Crippen LogP contribution in [-0.2, 0) is 11.2 Å². The smallest absolute Gasteiger partial charge is 0.180 e. The fraction of sp³-hybridized carbons (Fsp3) is 0.800. The molecular formula is C10H16FN3O5. The summed E-state index contributed by atoms with van der Waals surface area (Å²) in [6.45, 7) is -1.11. The molecule has 8 nitrogen and oxygen atoms in total. The number of alkyl halides is 1. The van der Waals surface area contributed by atoms with Crippen molar-refractivity contribution in [3.8, 4) is 0 Å². The van der Waals surface area contributed by atoms with Crippen LogP contribution in [0.15, 0.2) is 6.20 Å². The van der Waals surface area contributed by atoms with Crippen LogP contribution >= 0.6 is 0 Å². The lowest BCUT2D eigenvalue weighted by molar-refractivity contribution is -0.254. The molecule has 9 heteroatoms. The molecule has 1 aromatic rings. The first-order chi connectivity index (χ1) is 9.08. The summed E-state index contributed by atoms with van der Waals surface area (Å²) in [6.07, 6.45) is -5.00. The van der Waals surface area contributed by atoms with Gasteiger partial charge in [-0.3, -0.25) is 4.39 Å². The Morgan fingerprint density at radius 3 is 2.63 bits per heavy atom. The van der Waals surface area contributed by atoms with Gasteiger partial charge in [0, 0.05) is 6.42 Å². The summed E-state index contributed by atoms with van der Waals surface area (Å²) in [5, 5.41) is 45.5. The van der Waals surface area contributed by atoms with E-state index in [1.54, 1.807) is 0 Å². The number of aromatic nitrogens is 3. The van der Waals surface area contributed by atoms with E-state index in [-0.39, 0.29) is 6.42 Å². The zero-order chi connectivity index (χ0) is 14.0. The Balaban J connectivity index is 2.17. The van der Waals surface area contributed by atoms with Gasteiger partial charge in [0.2, 0.25) is 0 Å². The van der Waals surface area contributed by atoms with Crippen molar-refractivity contribution in [3.05, 3.63) is 11.9 Å². The van der Waals surface area contributed by atoms with E-state index >= 15 is 0 Å². The lowest BCUT2D eigenvalue weighted by atomic mass is 9.98. The van der Waals surface area contributed by atoms with Gasteiger partial charge in [-0.1, -0.05) is 5.21 Å². The Hall–Kier alpha value is -1.13. The number of hydrogen-bond donors (Lipinski definition) is 4. The zero-order valence-corrected chi connectivity index (χ0v) is 10.0. The zero-order valence-electron chi connectivity index (χ0n) is 10.0. The second-order valence-corrected chi connectivity index (χ2v) is 4.35. The molecule has 1 saturated heterocycles. The maximum Gasteiger partial charge on any atom is 0.180 e. The molecule has 0 spiro atoms. The fourth-order valence-corrected chi connectivity index (χ4v) is 1.95. The minimum atomic E-state index is -1.48. The van der Waals surface area contributed by atoms with Gasteiger partial charge in [0.1, 0.15) is 24.4 Å². The molecule has 1 fully saturated rings. The van der Waals surface area contributed by atoms with Crippen molar-refractivity contribution in [2.45, 2.75) is 37.1 Å². The summed E-state index contributed by atoms with van der Waals surface area (Å²) in [5.74, 6) is 0. The summed E-state index contributed by atoms with van der Waals surface area (Å²) in [7, 11) is 0. The average molecular weight is 277 g/mol. The van der Waals surface area contributed by atoms with Crippen LogP contribution in [0.5, 0.6) is 0 Å². The summed E-state index contributed by atoms with van der Waals surface area (Å²) < 4.78 is 18.6. The van der Waals surface area contributed by atoms with Crippen molar-refractivity contribution in [1.82, 2.24) is 15.0 Å². The van der Waals surface area contributed by atoms with Gasteiger partial charge in [0.05, 0.1) is 25.2 Å². The highest BCUT2D eigenvalue weighted by molar-refractivity contribution is 4.96. The molecule has 0 amide bonds. The number of hydrogen-bond acceptors (Lipinski definition) is 7. The highest BCUT2D eigenvalue weighted by atomic mass is 19.1. The van der Waals surface area contributed by atoms with Crippen LogP contribution in [0.3, 0.4) is 0 Å². The summed E-state index contributed by atoms with van der Waals surface area (Å²) in [6, 6.07) is 0. The third-order valence-corrected chi connectivity index (χ3v) is 3.04. The summed E-state index contributed by atoms with van der Waals surface area (Å²) in [5.41, 5.74) is 0.375. The predicted molar refractivity (Wildman–Crippen MR) is 58.7 cm³/mol. The highest BCUT2D eigenvalue weighted by Crippen LogP contribution is 2.27. The minimum absolute atomic E-state index is 0.0808.